The highest BCUT2D eigenvalue weighted by atomic mass is 35.5. The fourth-order valence-electron chi connectivity index (χ4n) is 3.15. The number of carbonyl (C=O) groups is 1. The van der Waals surface area contributed by atoms with Crippen LogP contribution in [0.5, 0.6) is 0 Å². The van der Waals surface area contributed by atoms with Crippen LogP contribution in [0.3, 0.4) is 0 Å². The Morgan fingerprint density at radius 2 is 1.30 bits per heavy atom. The summed E-state index contributed by atoms with van der Waals surface area (Å²) in [7, 11) is 2.15. The Hall–Kier alpha value is -2.42. The lowest BCUT2D eigenvalue weighted by atomic mass is 9.99. The van der Waals surface area contributed by atoms with E-state index in [0.29, 0.717) is 0 Å². The number of hydrogen-bond acceptors (Lipinski definition) is 2. The first-order chi connectivity index (χ1) is 12.7. The fraction of sp³-hybridized carbons (Fsp3) is 0.208. The van der Waals surface area contributed by atoms with E-state index in [2.05, 4.69) is 43.1 Å². The van der Waals surface area contributed by atoms with Gasteiger partial charge in [-0.2, -0.15) is 0 Å². The number of halogens is 1. The first kappa shape index (κ1) is 20.9. The first-order valence-electron chi connectivity index (χ1n) is 9.15. The summed E-state index contributed by atoms with van der Waals surface area (Å²) < 4.78 is 0. The predicted octanol–water partition coefficient (Wildman–Crippen LogP) is 5.85. The molecule has 0 fully saturated rings. The third-order valence-corrected chi connectivity index (χ3v) is 4.53. The molecule has 2 nitrogen and oxygen atoms in total. The van der Waals surface area contributed by atoms with Crippen LogP contribution in [0.25, 0.3) is 11.1 Å². The van der Waals surface area contributed by atoms with Crippen LogP contribution in [-0.2, 0) is 6.54 Å². The van der Waals surface area contributed by atoms with E-state index in [9.17, 15) is 4.79 Å². The van der Waals surface area contributed by atoms with Crippen LogP contribution in [0.2, 0.25) is 0 Å². The van der Waals surface area contributed by atoms with Crippen LogP contribution < -0.4 is 0 Å². The molecule has 0 aromatic heterocycles. The molecule has 3 rings (SSSR count). The van der Waals surface area contributed by atoms with Crippen molar-refractivity contribution in [1.82, 2.24) is 4.90 Å². The monoisotopic (exact) mass is 379 g/mol. The molecular weight excluding hydrogens is 354 g/mol. The highest BCUT2D eigenvalue weighted by molar-refractivity contribution is 6.09. The van der Waals surface area contributed by atoms with Crippen LogP contribution in [0.15, 0.2) is 78.9 Å². The van der Waals surface area contributed by atoms with Gasteiger partial charge in [0.2, 0.25) is 0 Å². The van der Waals surface area contributed by atoms with Crippen molar-refractivity contribution in [3.63, 3.8) is 0 Å². The van der Waals surface area contributed by atoms with Crippen molar-refractivity contribution in [3.05, 3.63) is 95.6 Å². The number of carbonyl (C=O) groups excluding carboxylic acids is 1. The molecule has 0 amide bonds. The van der Waals surface area contributed by atoms with Crippen molar-refractivity contribution in [2.45, 2.75) is 19.9 Å². The van der Waals surface area contributed by atoms with E-state index in [-0.39, 0.29) is 18.2 Å². The molecule has 3 aromatic carbocycles. The second-order valence-corrected chi connectivity index (χ2v) is 6.71. The molecule has 0 heterocycles. The van der Waals surface area contributed by atoms with Gasteiger partial charge in [0.1, 0.15) is 0 Å². The average molecular weight is 380 g/mol. The lowest BCUT2D eigenvalue weighted by molar-refractivity contribution is 0.103. The van der Waals surface area contributed by atoms with Gasteiger partial charge in [0.15, 0.2) is 5.78 Å². The smallest absolute Gasteiger partial charge is 0.193 e. The molecule has 0 aliphatic heterocycles. The Bertz CT molecular complexity index is 842. The van der Waals surface area contributed by atoms with Gasteiger partial charge >= 0.3 is 0 Å². The highest BCUT2D eigenvalue weighted by Gasteiger charge is 2.08. The summed E-state index contributed by atoms with van der Waals surface area (Å²) in [5, 5.41) is 0. The van der Waals surface area contributed by atoms with Crippen molar-refractivity contribution >= 4 is 18.2 Å². The number of ketones is 1. The fourth-order valence-corrected chi connectivity index (χ4v) is 3.15. The zero-order valence-electron chi connectivity index (χ0n) is 15.9. The summed E-state index contributed by atoms with van der Waals surface area (Å²) in [5.41, 5.74) is 5.06. The second-order valence-electron chi connectivity index (χ2n) is 6.71. The minimum atomic E-state index is 0. The van der Waals surface area contributed by atoms with Gasteiger partial charge in [0.25, 0.3) is 0 Å². The molecule has 27 heavy (non-hydrogen) atoms. The Kier molecular flexibility index (Phi) is 7.78. The van der Waals surface area contributed by atoms with Gasteiger partial charge in [0.05, 0.1) is 0 Å². The second kappa shape index (κ2) is 10.1. The van der Waals surface area contributed by atoms with Crippen LogP contribution in [0, 0.1) is 0 Å². The van der Waals surface area contributed by atoms with Gasteiger partial charge in [0, 0.05) is 17.7 Å². The van der Waals surface area contributed by atoms with E-state index in [1.54, 1.807) is 0 Å². The molecule has 0 saturated carbocycles. The largest absolute Gasteiger partial charge is 0.302 e. The zero-order chi connectivity index (χ0) is 18.4. The van der Waals surface area contributed by atoms with E-state index in [0.717, 1.165) is 29.8 Å². The highest BCUT2D eigenvalue weighted by Crippen LogP contribution is 2.22. The topological polar surface area (TPSA) is 20.3 Å². The first-order valence-corrected chi connectivity index (χ1v) is 9.15. The van der Waals surface area contributed by atoms with Crippen LogP contribution in [0.1, 0.15) is 34.8 Å². The van der Waals surface area contributed by atoms with E-state index >= 15 is 0 Å². The molecule has 0 aliphatic rings. The molecule has 0 aliphatic carbocycles. The number of hydrogen-bond donors (Lipinski definition) is 0. The molecule has 0 atom stereocenters. The minimum absolute atomic E-state index is 0. The summed E-state index contributed by atoms with van der Waals surface area (Å²) in [5.74, 6) is 0.0615. The van der Waals surface area contributed by atoms with Gasteiger partial charge in [-0.3, -0.25) is 4.79 Å². The van der Waals surface area contributed by atoms with Crippen LogP contribution in [-0.4, -0.2) is 24.3 Å². The van der Waals surface area contributed by atoms with Crippen LogP contribution in [0.4, 0.5) is 0 Å². The summed E-state index contributed by atoms with van der Waals surface area (Å²) in [6.07, 6.45) is 1.17. The Morgan fingerprint density at radius 3 is 1.85 bits per heavy atom. The van der Waals surface area contributed by atoms with Crippen molar-refractivity contribution in [1.29, 1.82) is 0 Å². The number of benzene rings is 3. The van der Waals surface area contributed by atoms with Gasteiger partial charge < -0.3 is 4.90 Å². The normalized spacial score (nSPS) is 10.5. The van der Waals surface area contributed by atoms with Crippen molar-refractivity contribution in [3.8, 4) is 11.1 Å². The molecule has 0 N–H and O–H groups in total. The van der Waals surface area contributed by atoms with E-state index < -0.39 is 0 Å². The van der Waals surface area contributed by atoms with Gasteiger partial charge in [-0.25, -0.2) is 0 Å². The Morgan fingerprint density at radius 1 is 0.778 bits per heavy atom. The molecule has 0 unspecified atom stereocenters. The van der Waals surface area contributed by atoms with E-state index in [1.807, 2.05) is 54.6 Å². The minimum Gasteiger partial charge on any atom is -0.302 e. The molecule has 0 saturated heterocycles. The maximum absolute atomic E-state index is 12.5. The quantitative estimate of drug-likeness (QED) is 0.480. The Balaban J connectivity index is 0.00000261. The maximum atomic E-state index is 12.5. The molecule has 3 aromatic rings. The predicted molar refractivity (Wildman–Crippen MR) is 116 cm³/mol. The molecule has 0 radical (unpaired) electrons. The standard InChI is InChI=1S/C24H25NO.ClH/c1-3-17-25(2)18-19-9-11-20(12-10-19)21-13-15-23(16-14-21)24(26)22-7-5-4-6-8-22;/h4-16H,3,17-18H2,1-2H3;1H. The molecule has 140 valence electrons. The van der Waals surface area contributed by atoms with Crippen LogP contribution >= 0.6 is 12.4 Å². The summed E-state index contributed by atoms with van der Waals surface area (Å²) in [6.45, 7) is 4.28. The third-order valence-electron chi connectivity index (χ3n) is 4.53. The Labute approximate surface area is 168 Å². The SMILES string of the molecule is CCCN(C)Cc1ccc(-c2ccc(C(=O)c3ccccc3)cc2)cc1.Cl. The van der Waals surface area contributed by atoms with Crippen molar-refractivity contribution in [2.75, 3.05) is 13.6 Å². The molecule has 0 bridgehead atoms. The lowest BCUT2D eigenvalue weighted by Crippen LogP contribution is -2.18. The van der Waals surface area contributed by atoms with Crippen molar-refractivity contribution < 1.29 is 4.79 Å². The lowest BCUT2D eigenvalue weighted by Gasteiger charge is -2.15. The van der Waals surface area contributed by atoms with Crippen molar-refractivity contribution in [2.24, 2.45) is 0 Å². The zero-order valence-corrected chi connectivity index (χ0v) is 16.7. The van der Waals surface area contributed by atoms with E-state index in [1.165, 1.54) is 17.5 Å². The van der Waals surface area contributed by atoms with Gasteiger partial charge in [-0.1, -0.05) is 85.8 Å². The number of nitrogens with zero attached hydrogens (tertiary/aromatic N) is 1. The van der Waals surface area contributed by atoms with Gasteiger partial charge in [-0.05, 0) is 36.7 Å². The summed E-state index contributed by atoms with van der Waals surface area (Å²) in [4.78, 5) is 14.8. The maximum Gasteiger partial charge on any atom is 0.193 e. The average Bonchev–Trinajstić information content (AvgIpc) is 2.69. The van der Waals surface area contributed by atoms with E-state index in [4.69, 9.17) is 0 Å². The molecular formula is C24H26ClNO. The third kappa shape index (κ3) is 5.53. The molecule has 3 heteroatoms. The summed E-state index contributed by atoms with van der Waals surface area (Å²) >= 11 is 0. The number of rotatable bonds is 7. The molecule has 0 spiro atoms. The summed E-state index contributed by atoms with van der Waals surface area (Å²) in [6, 6.07) is 26.0. The van der Waals surface area contributed by atoms with Gasteiger partial charge in [-0.15, -0.1) is 12.4 Å².